The molecule has 6 nitrogen and oxygen atoms in total. The number of carbonyl (C=O) groups excluding carboxylic acids is 2. The number of methoxy groups -OCH3 is 1. The second-order valence-corrected chi connectivity index (χ2v) is 9.05. The number of rotatable bonds is 12. The quantitative estimate of drug-likeness (QED) is 0.334. The summed E-state index contributed by atoms with van der Waals surface area (Å²) in [7, 11) is 1.58. The minimum atomic E-state index is -0.750. The summed E-state index contributed by atoms with van der Waals surface area (Å²) in [6.45, 7) is 2.42. The van der Waals surface area contributed by atoms with Crippen molar-refractivity contribution in [1.29, 1.82) is 0 Å². The Morgan fingerprint density at radius 3 is 2.25 bits per heavy atom. The molecule has 0 fully saturated rings. The molecule has 1 N–H and O–H groups in total. The molecule has 0 spiro atoms. The Labute approximate surface area is 222 Å². The number of halogens is 2. The topological polar surface area (TPSA) is 67.9 Å². The van der Waals surface area contributed by atoms with Crippen molar-refractivity contribution in [3.05, 3.63) is 94.0 Å². The molecule has 190 valence electrons. The van der Waals surface area contributed by atoms with E-state index in [-0.39, 0.29) is 25.0 Å². The fraction of sp³-hybridized carbons (Fsp3) is 0.286. The molecule has 0 saturated heterocycles. The van der Waals surface area contributed by atoms with Crippen LogP contribution in [0.1, 0.15) is 24.5 Å². The van der Waals surface area contributed by atoms with Gasteiger partial charge in [0.15, 0.2) is 6.61 Å². The van der Waals surface area contributed by atoms with Gasteiger partial charge in [0.1, 0.15) is 17.5 Å². The molecular formula is C28H30Cl2N2O4. The van der Waals surface area contributed by atoms with Crippen molar-refractivity contribution in [1.82, 2.24) is 10.2 Å². The van der Waals surface area contributed by atoms with E-state index >= 15 is 0 Å². The smallest absolute Gasteiger partial charge is 0.261 e. The van der Waals surface area contributed by atoms with Gasteiger partial charge < -0.3 is 19.7 Å². The molecular weight excluding hydrogens is 499 g/mol. The van der Waals surface area contributed by atoms with Crippen LogP contribution in [0.4, 0.5) is 0 Å². The lowest BCUT2D eigenvalue weighted by atomic mass is 10.0. The van der Waals surface area contributed by atoms with Crippen molar-refractivity contribution >= 4 is 35.0 Å². The third-order valence-corrected chi connectivity index (χ3v) is 6.32. The third kappa shape index (κ3) is 7.90. The summed E-state index contributed by atoms with van der Waals surface area (Å²) in [5.41, 5.74) is 1.70. The third-order valence-electron chi connectivity index (χ3n) is 5.58. The van der Waals surface area contributed by atoms with Crippen LogP contribution in [0.5, 0.6) is 11.5 Å². The van der Waals surface area contributed by atoms with Gasteiger partial charge in [-0.2, -0.15) is 0 Å². The van der Waals surface area contributed by atoms with E-state index in [1.54, 1.807) is 54.5 Å². The van der Waals surface area contributed by atoms with Crippen molar-refractivity contribution in [2.24, 2.45) is 0 Å². The molecule has 2 amide bonds. The van der Waals surface area contributed by atoms with Gasteiger partial charge in [-0.3, -0.25) is 9.59 Å². The number of hydrogen-bond donors (Lipinski definition) is 1. The van der Waals surface area contributed by atoms with Crippen LogP contribution >= 0.6 is 23.2 Å². The van der Waals surface area contributed by atoms with E-state index in [2.05, 4.69) is 5.32 Å². The summed E-state index contributed by atoms with van der Waals surface area (Å²) < 4.78 is 10.9. The average Bonchev–Trinajstić information content (AvgIpc) is 2.90. The normalized spacial score (nSPS) is 11.4. The Balaban J connectivity index is 1.89. The summed E-state index contributed by atoms with van der Waals surface area (Å²) in [6, 6.07) is 21.0. The standard InChI is InChI=1S/C28H30Cl2N2O4/c1-3-15-31-28(34)26(17-20-7-5-4-6-8-20)32(18-21-9-14-24(29)25(30)16-21)27(33)19-36-23-12-10-22(35-2)11-13-23/h4-14,16,26H,3,15,17-19H2,1-2H3,(H,31,34). The molecule has 0 heterocycles. The van der Waals surface area contributed by atoms with Gasteiger partial charge in [-0.15, -0.1) is 0 Å². The van der Waals surface area contributed by atoms with Gasteiger partial charge in [-0.25, -0.2) is 0 Å². The fourth-order valence-corrected chi connectivity index (χ4v) is 3.98. The predicted octanol–water partition coefficient (Wildman–Crippen LogP) is 5.55. The molecule has 0 aliphatic carbocycles. The second-order valence-electron chi connectivity index (χ2n) is 8.23. The van der Waals surface area contributed by atoms with Crippen LogP contribution in [0.25, 0.3) is 0 Å². The van der Waals surface area contributed by atoms with E-state index in [4.69, 9.17) is 32.7 Å². The van der Waals surface area contributed by atoms with E-state index in [0.29, 0.717) is 34.5 Å². The second kappa shape index (κ2) is 13.8. The molecule has 3 rings (SSSR count). The number of hydrogen-bond acceptors (Lipinski definition) is 4. The Hall–Kier alpha value is -3.22. The Morgan fingerprint density at radius 1 is 0.917 bits per heavy atom. The largest absolute Gasteiger partial charge is 0.497 e. The van der Waals surface area contributed by atoms with Crippen LogP contribution in [0.2, 0.25) is 10.0 Å². The van der Waals surface area contributed by atoms with E-state index in [1.165, 1.54) is 0 Å². The first kappa shape index (κ1) is 27.4. The van der Waals surface area contributed by atoms with Crippen LogP contribution in [-0.2, 0) is 22.6 Å². The van der Waals surface area contributed by atoms with Gasteiger partial charge in [0.25, 0.3) is 5.91 Å². The van der Waals surface area contributed by atoms with Gasteiger partial charge in [-0.1, -0.05) is 66.5 Å². The molecule has 1 unspecified atom stereocenters. The molecule has 8 heteroatoms. The first-order valence-corrected chi connectivity index (χ1v) is 12.5. The summed E-state index contributed by atoms with van der Waals surface area (Å²) in [6.07, 6.45) is 1.14. The molecule has 0 aliphatic heterocycles. The molecule has 36 heavy (non-hydrogen) atoms. The fourth-order valence-electron chi connectivity index (χ4n) is 3.65. The minimum absolute atomic E-state index is 0.165. The maximum Gasteiger partial charge on any atom is 0.261 e. The lowest BCUT2D eigenvalue weighted by molar-refractivity contribution is -0.142. The first-order valence-electron chi connectivity index (χ1n) is 11.7. The van der Waals surface area contributed by atoms with Crippen molar-refractivity contribution in [2.45, 2.75) is 32.4 Å². The number of amides is 2. The Kier molecular flexibility index (Phi) is 10.5. The van der Waals surface area contributed by atoms with Crippen molar-refractivity contribution in [3.63, 3.8) is 0 Å². The summed E-state index contributed by atoms with van der Waals surface area (Å²) in [4.78, 5) is 28.4. The number of nitrogens with one attached hydrogen (secondary N) is 1. The number of nitrogens with zero attached hydrogens (tertiary/aromatic N) is 1. The Bertz CT molecular complexity index is 1140. The first-order chi connectivity index (χ1) is 17.4. The van der Waals surface area contributed by atoms with Gasteiger partial charge in [0.2, 0.25) is 5.91 Å². The number of carbonyl (C=O) groups is 2. The molecule has 0 bridgehead atoms. The van der Waals surface area contributed by atoms with Crippen LogP contribution in [0.3, 0.4) is 0 Å². The highest BCUT2D eigenvalue weighted by molar-refractivity contribution is 6.42. The van der Waals surface area contributed by atoms with E-state index in [9.17, 15) is 9.59 Å². The number of benzene rings is 3. The summed E-state index contributed by atoms with van der Waals surface area (Å²) >= 11 is 12.3. The average molecular weight is 529 g/mol. The van der Waals surface area contributed by atoms with Crippen LogP contribution < -0.4 is 14.8 Å². The summed E-state index contributed by atoms with van der Waals surface area (Å²) in [5, 5.41) is 3.75. The molecule has 0 radical (unpaired) electrons. The lowest BCUT2D eigenvalue weighted by Crippen LogP contribution is -2.51. The highest BCUT2D eigenvalue weighted by Gasteiger charge is 2.30. The predicted molar refractivity (Wildman–Crippen MR) is 143 cm³/mol. The minimum Gasteiger partial charge on any atom is -0.497 e. The zero-order valence-corrected chi connectivity index (χ0v) is 21.9. The van der Waals surface area contributed by atoms with Crippen LogP contribution in [0, 0.1) is 0 Å². The van der Waals surface area contributed by atoms with Crippen LogP contribution in [0.15, 0.2) is 72.8 Å². The molecule has 0 saturated carbocycles. The van der Waals surface area contributed by atoms with Crippen molar-refractivity contribution in [2.75, 3.05) is 20.3 Å². The molecule has 3 aromatic carbocycles. The zero-order valence-electron chi connectivity index (χ0n) is 20.4. The maximum atomic E-state index is 13.5. The van der Waals surface area contributed by atoms with Gasteiger partial charge in [0, 0.05) is 19.5 Å². The molecule has 3 aromatic rings. The molecule has 1 atom stereocenters. The monoisotopic (exact) mass is 528 g/mol. The molecule has 0 aromatic heterocycles. The van der Waals surface area contributed by atoms with Gasteiger partial charge >= 0.3 is 0 Å². The summed E-state index contributed by atoms with van der Waals surface area (Å²) in [5.74, 6) is 0.655. The highest BCUT2D eigenvalue weighted by Crippen LogP contribution is 2.24. The molecule has 0 aliphatic rings. The van der Waals surface area contributed by atoms with E-state index in [0.717, 1.165) is 17.5 Å². The Morgan fingerprint density at radius 2 is 1.61 bits per heavy atom. The maximum absolute atomic E-state index is 13.5. The number of ether oxygens (including phenoxy) is 2. The van der Waals surface area contributed by atoms with Crippen molar-refractivity contribution in [3.8, 4) is 11.5 Å². The van der Waals surface area contributed by atoms with E-state index in [1.807, 2.05) is 37.3 Å². The lowest BCUT2D eigenvalue weighted by Gasteiger charge is -2.31. The highest BCUT2D eigenvalue weighted by atomic mass is 35.5. The SMILES string of the molecule is CCCNC(=O)C(Cc1ccccc1)N(Cc1ccc(Cl)c(Cl)c1)C(=O)COc1ccc(OC)cc1. The van der Waals surface area contributed by atoms with Crippen LogP contribution in [-0.4, -0.2) is 43.0 Å². The zero-order chi connectivity index (χ0) is 25.9. The van der Waals surface area contributed by atoms with E-state index < -0.39 is 6.04 Å². The van der Waals surface area contributed by atoms with Gasteiger partial charge in [0.05, 0.1) is 17.2 Å². The van der Waals surface area contributed by atoms with Crippen molar-refractivity contribution < 1.29 is 19.1 Å². The van der Waals surface area contributed by atoms with Gasteiger partial charge in [-0.05, 0) is 53.9 Å².